The molecule has 2 amide bonds. The smallest absolute Gasteiger partial charge is 0.229 e. The number of aryl methyl sites for hydroxylation is 2. The Kier molecular flexibility index (Phi) is 4.40. The predicted molar refractivity (Wildman–Crippen MR) is 109 cm³/mol. The zero-order valence-electron chi connectivity index (χ0n) is 15.5. The maximum Gasteiger partial charge on any atom is 0.229 e. The summed E-state index contributed by atoms with van der Waals surface area (Å²) in [6.07, 6.45) is 0.236. The summed E-state index contributed by atoms with van der Waals surface area (Å²) in [4.78, 5) is 27.1. The minimum absolute atomic E-state index is 0.00779. The van der Waals surface area contributed by atoms with Gasteiger partial charge in [0.15, 0.2) is 0 Å². The van der Waals surface area contributed by atoms with E-state index in [1.807, 2.05) is 74.5 Å². The minimum Gasteiger partial charge on any atom is -0.326 e. The van der Waals surface area contributed by atoms with Crippen LogP contribution in [0.4, 0.5) is 11.4 Å². The molecule has 0 saturated carbocycles. The fourth-order valence-electron chi connectivity index (χ4n) is 3.62. The van der Waals surface area contributed by atoms with Gasteiger partial charge in [-0.3, -0.25) is 9.59 Å². The van der Waals surface area contributed by atoms with Crippen LogP contribution in [-0.2, 0) is 9.59 Å². The topological polar surface area (TPSA) is 49.4 Å². The van der Waals surface area contributed by atoms with Crippen molar-refractivity contribution >= 4 is 34.0 Å². The molecule has 4 rings (SSSR count). The second-order valence-corrected chi connectivity index (χ2v) is 7.19. The highest BCUT2D eigenvalue weighted by atomic mass is 16.2. The molecule has 3 aromatic carbocycles. The Morgan fingerprint density at radius 3 is 2.59 bits per heavy atom. The van der Waals surface area contributed by atoms with Crippen LogP contribution >= 0.6 is 0 Å². The summed E-state index contributed by atoms with van der Waals surface area (Å²) in [7, 11) is 0. The Hall–Kier alpha value is -3.14. The molecule has 1 saturated heterocycles. The van der Waals surface area contributed by atoms with Crippen molar-refractivity contribution in [1.29, 1.82) is 0 Å². The Labute approximate surface area is 158 Å². The van der Waals surface area contributed by atoms with Crippen molar-refractivity contribution in [2.24, 2.45) is 5.92 Å². The van der Waals surface area contributed by atoms with Gasteiger partial charge >= 0.3 is 0 Å². The lowest BCUT2D eigenvalue weighted by Crippen LogP contribution is -2.28. The van der Waals surface area contributed by atoms with E-state index in [1.54, 1.807) is 4.90 Å². The van der Waals surface area contributed by atoms with E-state index in [9.17, 15) is 9.59 Å². The van der Waals surface area contributed by atoms with E-state index >= 15 is 0 Å². The maximum atomic E-state index is 12.7. The van der Waals surface area contributed by atoms with Gasteiger partial charge < -0.3 is 10.2 Å². The summed E-state index contributed by atoms with van der Waals surface area (Å²) in [5.41, 5.74) is 3.97. The number of rotatable bonds is 3. The average molecular weight is 358 g/mol. The highest BCUT2D eigenvalue weighted by Gasteiger charge is 2.35. The lowest BCUT2D eigenvalue weighted by molar-refractivity contribution is -0.122. The van der Waals surface area contributed by atoms with Crippen LogP contribution in [0.1, 0.15) is 17.5 Å². The number of anilines is 2. The second-order valence-electron chi connectivity index (χ2n) is 7.19. The third-order valence-corrected chi connectivity index (χ3v) is 5.33. The number of carbonyl (C=O) groups is 2. The number of nitrogens with zero attached hydrogens (tertiary/aromatic N) is 1. The van der Waals surface area contributed by atoms with Gasteiger partial charge in [0.05, 0.1) is 11.6 Å². The molecule has 1 atom stereocenters. The van der Waals surface area contributed by atoms with Crippen molar-refractivity contribution < 1.29 is 9.59 Å². The molecular weight excluding hydrogens is 336 g/mol. The third kappa shape index (κ3) is 3.31. The van der Waals surface area contributed by atoms with Crippen molar-refractivity contribution in [3.8, 4) is 0 Å². The minimum atomic E-state index is -0.349. The van der Waals surface area contributed by atoms with Gasteiger partial charge in [0, 0.05) is 24.0 Å². The number of hydrogen-bond donors (Lipinski definition) is 1. The van der Waals surface area contributed by atoms with Crippen LogP contribution in [0.5, 0.6) is 0 Å². The van der Waals surface area contributed by atoms with Gasteiger partial charge in [-0.25, -0.2) is 0 Å². The Balaban J connectivity index is 1.55. The van der Waals surface area contributed by atoms with Crippen molar-refractivity contribution in [2.75, 3.05) is 16.8 Å². The first-order chi connectivity index (χ1) is 13.0. The third-order valence-electron chi connectivity index (χ3n) is 5.33. The summed E-state index contributed by atoms with van der Waals surface area (Å²) in [6, 6.07) is 19.8. The van der Waals surface area contributed by atoms with Gasteiger partial charge in [-0.2, -0.15) is 0 Å². The van der Waals surface area contributed by atoms with Crippen molar-refractivity contribution in [1.82, 2.24) is 0 Å². The summed E-state index contributed by atoms with van der Waals surface area (Å²) in [5, 5.41) is 5.08. The zero-order valence-corrected chi connectivity index (χ0v) is 15.5. The quantitative estimate of drug-likeness (QED) is 0.752. The van der Waals surface area contributed by atoms with Crippen LogP contribution in [-0.4, -0.2) is 18.4 Å². The molecule has 0 spiro atoms. The molecule has 3 aromatic rings. The maximum absolute atomic E-state index is 12.7. The Morgan fingerprint density at radius 1 is 1.00 bits per heavy atom. The van der Waals surface area contributed by atoms with E-state index in [2.05, 4.69) is 5.32 Å². The van der Waals surface area contributed by atoms with Crippen LogP contribution in [0.25, 0.3) is 10.8 Å². The Bertz CT molecular complexity index is 1040. The first-order valence-corrected chi connectivity index (χ1v) is 9.19. The van der Waals surface area contributed by atoms with Crippen LogP contribution in [0, 0.1) is 19.8 Å². The first kappa shape index (κ1) is 17.3. The zero-order chi connectivity index (χ0) is 19.0. The lowest BCUT2D eigenvalue weighted by atomic mass is 10.1. The molecule has 136 valence electrons. The van der Waals surface area contributed by atoms with E-state index in [0.29, 0.717) is 6.54 Å². The molecule has 1 aliphatic heterocycles. The normalized spacial score (nSPS) is 16.7. The van der Waals surface area contributed by atoms with E-state index < -0.39 is 0 Å². The highest BCUT2D eigenvalue weighted by molar-refractivity contribution is 6.08. The van der Waals surface area contributed by atoms with Gasteiger partial charge in [-0.05, 0) is 48.6 Å². The van der Waals surface area contributed by atoms with Gasteiger partial charge in [0.1, 0.15) is 0 Å². The monoisotopic (exact) mass is 358 g/mol. The molecule has 0 unspecified atom stereocenters. The number of benzene rings is 3. The van der Waals surface area contributed by atoms with Gasteiger partial charge in [-0.1, -0.05) is 42.5 Å². The molecule has 0 bridgehead atoms. The lowest BCUT2D eigenvalue weighted by Gasteiger charge is -2.19. The standard InChI is InChI=1S/C23H22N2O2/c1-15-10-11-19(12-16(15)2)24-23(27)18-13-22(26)25(14-18)21-9-5-7-17-6-3-4-8-20(17)21/h3-12,18H,13-14H2,1-2H3,(H,24,27)/t18-/m0/s1. The van der Waals surface area contributed by atoms with Crippen LogP contribution < -0.4 is 10.2 Å². The molecule has 1 aliphatic rings. The van der Waals surface area contributed by atoms with Crippen LogP contribution in [0.3, 0.4) is 0 Å². The SMILES string of the molecule is Cc1ccc(NC(=O)[C@H]2CC(=O)N(c3cccc4ccccc34)C2)cc1C. The van der Waals surface area contributed by atoms with Gasteiger partial charge in [-0.15, -0.1) is 0 Å². The fourth-order valence-corrected chi connectivity index (χ4v) is 3.62. The van der Waals surface area contributed by atoms with Crippen molar-refractivity contribution in [2.45, 2.75) is 20.3 Å². The van der Waals surface area contributed by atoms with Crippen LogP contribution in [0.2, 0.25) is 0 Å². The van der Waals surface area contributed by atoms with E-state index in [0.717, 1.165) is 27.7 Å². The molecule has 1 heterocycles. The Morgan fingerprint density at radius 2 is 1.78 bits per heavy atom. The fraction of sp³-hybridized carbons (Fsp3) is 0.217. The number of amides is 2. The number of carbonyl (C=O) groups excluding carboxylic acids is 2. The van der Waals surface area contributed by atoms with Crippen molar-refractivity contribution in [3.63, 3.8) is 0 Å². The molecule has 27 heavy (non-hydrogen) atoms. The highest BCUT2D eigenvalue weighted by Crippen LogP contribution is 2.32. The molecule has 1 fully saturated rings. The molecule has 4 nitrogen and oxygen atoms in total. The summed E-state index contributed by atoms with van der Waals surface area (Å²) in [6.45, 7) is 4.47. The van der Waals surface area contributed by atoms with Gasteiger partial charge in [0.2, 0.25) is 11.8 Å². The summed E-state index contributed by atoms with van der Waals surface area (Å²) < 4.78 is 0. The van der Waals surface area contributed by atoms with E-state index in [-0.39, 0.29) is 24.2 Å². The molecule has 0 radical (unpaired) electrons. The van der Waals surface area contributed by atoms with E-state index in [1.165, 1.54) is 5.56 Å². The summed E-state index contributed by atoms with van der Waals surface area (Å²) in [5.74, 6) is -0.459. The second kappa shape index (κ2) is 6.88. The molecule has 1 N–H and O–H groups in total. The van der Waals surface area contributed by atoms with Crippen molar-refractivity contribution in [3.05, 3.63) is 71.8 Å². The van der Waals surface area contributed by atoms with Gasteiger partial charge in [0.25, 0.3) is 0 Å². The van der Waals surface area contributed by atoms with Crippen LogP contribution in [0.15, 0.2) is 60.7 Å². The molecule has 0 aliphatic carbocycles. The van der Waals surface area contributed by atoms with E-state index in [4.69, 9.17) is 0 Å². The largest absolute Gasteiger partial charge is 0.326 e. The first-order valence-electron chi connectivity index (χ1n) is 9.19. The average Bonchev–Trinajstić information content (AvgIpc) is 3.06. The number of fused-ring (bicyclic) bond motifs is 1. The predicted octanol–water partition coefficient (Wildman–Crippen LogP) is 4.45. The number of nitrogens with one attached hydrogen (secondary N) is 1. The molecular formula is C23H22N2O2. The molecule has 4 heteroatoms. The number of hydrogen-bond acceptors (Lipinski definition) is 2. The molecule has 0 aromatic heterocycles. The summed E-state index contributed by atoms with van der Waals surface area (Å²) >= 11 is 0.